The van der Waals surface area contributed by atoms with Crippen LogP contribution in [0.3, 0.4) is 0 Å². The van der Waals surface area contributed by atoms with Crippen molar-refractivity contribution in [1.82, 2.24) is 14.9 Å². The molecule has 3 N–H and O–H groups in total. The van der Waals surface area contributed by atoms with Crippen LogP contribution in [0.5, 0.6) is 0 Å². The van der Waals surface area contributed by atoms with E-state index in [1.807, 2.05) is 20.0 Å². The molecule has 27 heavy (non-hydrogen) atoms. The van der Waals surface area contributed by atoms with Gasteiger partial charge in [0.1, 0.15) is 5.82 Å². The number of aliphatic hydroxyl groups excluding tert-OH is 1. The number of unbranched alkanes of at least 4 members (excludes halogenated alkanes) is 1. The van der Waals surface area contributed by atoms with Gasteiger partial charge in [0.15, 0.2) is 0 Å². The fourth-order valence-corrected chi connectivity index (χ4v) is 3.54. The summed E-state index contributed by atoms with van der Waals surface area (Å²) in [6.07, 6.45) is 4.34. The van der Waals surface area contributed by atoms with Gasteiger partial charge in [-0.05, 0) is 62.4 Å². The second-order valence-corrected chi connectivity index (χ2v) is 7.30. The maximum Gasteiger partial charge on any atom is 0.229 e. The van der Waals surface area contributed by atoms with Crippen LogP contribution in [0.25, 0.3) is 0 Å². The monoisotopic (exact) mass is 369 g/mol. The summed E-state index contributed by atoms with van der Waals surface area (Å²) in [6.45, 7) is 6.93. The van der Waals surface area contributed by atoms with Gasteiger partial charge < -0.3 is 15.7 Å². The van der Waals surface area contributed by atoms with Crippen LogP contribution >= 0.6 is 0 Å². The topological polar surface area (TPSA) is 73.3 Å². The van der Waals surface area contributed by atoms with Crippen LogP contribution in [-0.4, -0.2) is 52.8 Å². The van der Waals surface area contributed by atoms with E-state index in [1.165, 1.54) is 17.5 Å². The predicted octanol–water partition coefficient (Wildman–Crippen LogP) is 3.13. The van der Waals surface area contributed by atoms with Crippen LogP contribution in [0, 0.1) is 6.92 Å². The molecular weight excluding hydrogens is 338 g/mol. The van der Waals surface area contributed by atoms with Gasteiger partial charge in [0.05, 0.1) is 6.10 Å². The molecule has 1 aromatic carbocycles. The Morgan fingerprint density at radius 1 is 1.15 bits per heavy atom. The van der Waals surface area contributed by atoms with Crippen LogP contribution in [-0.2, 0) is 12.8 Å². The van der Waals surface area contributed by atoms with E-state index in [4.69, 9.17) is 0 Å². The Hall–Kier alpha value is -2.18. The predicted molar refractivity (Wildman–Crippen MR) is 111 cm³/mol. The Labute approximate surface area is 162 Å². The van der Waals surface area contributed by atoms with Gasteiger partial charge >= 0.3 is 0 Å². The summed E-state index contributed by atoms with van der Waals surface area (Å²) >= 11 is 0. The van der Waals surface area contributed by atoms with Gasteiger partial charge in [-0.2, -0.15) is 4.98 Å². The number of likely N-dealkylation sites (tertiary alicyclic amines) is 1. The van der Waals surface area contributed by atoms with Crippen LogP contribution in [0.2, 0.25) is 0 Å². The van der Waals surface area contributed by atoms with Gasteiger partial charge in [-0.15, -0.1) is 0 Å². The zero-order valence-electron chi connectivity index (χ0n) is 16.6. The Bertz CT molecular complexity index is 758. The molecule has 1 aliphatic rings. The number of rotatable bonds is 9. The highest BCUT2D eigenvalue weighted by atomic mass is 16.3. The molecule has 6 heteroatoms. The summed E-state index contributed by atoms with van der Waals surface area (Å²) in [6, 6.07) is 8.47. The Kier molecular flexibility index (Phi) is 6.63. The van der Waals surface area contributed by atoms with E-state index in [2.05, 4.69) is 50.6 Å². The van der Waals surface area contributed by atoms with Crippen LogP contribution in [0.15, 0.2) is 24.3 Å². The number of nitrogens with zero attached hydrogens (tertiary/aromatic N) is 3. The minimum atomic E-state index is -0.105. The molecule has 0 aliphatic carbocycles. The van der Waals surface area contributed by atoms with Crippen LogP contribution in [0.4, 0.5) is 17.5 Å². The van der Waals surface area contributed by atoms with Gasteiger partial charge in [0, 0.05) is 37.6 Å². The third kappa shape index (κ3) is 5.40. The molecule has 3 rings (SSSR count). The minimum Gasteiger partial charge on any atom is -0.390 e. The number of aliphatic hydroxyl groups is 1. The van der Waals surface area contributed by atoms with Crippen molar-refractivity contribution in [3.8, 4) is 0 Å². The molecular formula is C21H31N5O. The first-order valence-corrected chi connectivity index (χ1v) is 9.90. The lowest BCUT2D eigenvalue weighted by Crippen LogP contribution is -2.50. The summed E-state index contributed by atoms with van der Waals surface area (Å²) in [4.78, 5) is 11.3. The molecule has 1 saturated heterocycles. The molecule has 146 valence electrons. The van der Waals surface area contributed by atoms with Gasteiger partial charge in [-0.3, -0.25) is 4.90 Å². The van der Waals surface area contributed by atoms with Gasteiger partial charge in [-0.25, -0.2) is 4.98 Å². The zero-order valence-corrected chi connectivity index (χ0v) is 16.6. The lowest BCUT2D eigenvalue weighted by Gasteiger charge is -2.35. The van der Waals surface area contributed by atoms with Gasteiger partial charge in [0.2, 0.25) is 5.95 Å². The largest absolute Gasteiger partial charge is 0.390 e. The van der Waals surface area contributed by atoms with E-state index in [0.717, 1.165) is 56.1 Å². The Balaban J connectivity index is 1.61. The summed E-state index contributed by atoms with van der Waals surface area (Å²) in [5, 5.41) is 15.8. The van der Waals surface area contributed by atoms with E-state index >= 15 is 0 Å². The third-order valence-corrected chi connectivity index (χ3v) is 5.06. The average molecular weight is 370 g/mol. The smallest absolute Gasteiger partial charge is 0.229 e. The van der Waals surface area contributed by atoms with Crippen LogP contribution in [0.1, 0.15) is 36.6 Å². The van der Waals surface area contributed by atoms with Crippen molar-refractivity contribution in [2.75, 3.05) is 37.3 Å². The number of β-amino-alcohol motifs (C(OH)–C–C–N with tert-alkyl or cyclic N) is 1. The number of hydrogen-bond donors (Lipinski definition) is 3. The maximum atomic E-state index is 9.36. The average Bonchev–Trinajstić information content (AvgIpc) is 2.63. The van der Waals surface area contributed by atoms with Crippen LogP contribution < -0.4 is 10.6 Å². The highest BCUT2D eigenvalue weighted by Gasteiger charge is 2.22. The highest BCUT2D eigenvalue weighted by molar-refractivity contribution is 5.57. The van der Waals surface area contributed by atoms with E-state index in [1.54, 1.807) is 0 Å². The second-order valence-electron chi connectivity index (χ2n) is 7.30. The first-order valence-electron chi connectivity index (χ1n) is 9.90. The van der Waals surface area contributed by atoms with Crippen molar-refractivity contribution in [2.24, 2.45) is 0 Å². The normalized spacial score (nSPS) is 14.8. The molecule has 6 nitrogen and oxygen atoms in total. The number of benzene rings is 1. The molecule has 0 saturated carbocycles. The molecule has 1 aromatic heterocycles. The molecule has 2 heterocycles. The van der Waals surface area contributed by atoms with Crippen molar-refractivity contribution in [1.29, 1.82) is 0 Å². The fourth-order valence-electron chi connectivity index (χ4n) is 3.54. The fraction of sp³-hybridized carbons (Fsp3) is 0.524. The first kappa shape index (κ1) is 19.6. The van der Waals surface area contributed by atoms with E-state index in [0.29, 0.717) is 5.95 Å². The molecule has 1 fully saturated rings. The molecule has 2 aromatic rings. The second kappa shape index (κ2) is 9.15. The van der Waals surface area contributed by atoms with Gasteiger partial charge in [-0.1, -0.05) is 13.0 Å². The summed E-state index contributed by atoms with van der Waals surface area (Å²) in [7, 11) is 1.86. The lowest BCUT2D eigenvalue weighted by atomic mass is 9.99. The maximum absolute atomic E-state index is 9.36. The van der Waals surface area contributed by atoms with E-state index in [-0.39, 0.29) is 6.10 Å². The lowest BCUT2D eigenvalue weighted by molar-refractivity contribution is 0.00156. The van der Waals surface area contributed by atoms with Crippen molar-refractivity contribution in [3.05, 3.63) is 41.1 Å². The Morgan fingerprint density at radius 2 is 1.96 bits per heavy atom. The zero-order chi connectivity index (χ0) is 19.2. The van der Waals surface area contributed by atoms with E-state index < -0.39 is 0 Å². The first-order chi connectivity index (χ1) is 13.1. The molecule has 0 atom stereocenters. The molecule has 1 aliphatic heterocycles. The number of nitrogens with one attached hydrogen (secondary N) is 2. The van der Waals surface area contributed by atoms with E-state index in [9.17, 15) is 5.11 Å². The molecule has 0 unspecified atom stereocenters. The van der Waals surface area contributed by atoms with Crippen molar-refractivity contribution >= 4 is 17.5 Å². The summed E-state index contributed by atoms with van der Waals surface area (Å²) in [5.74, 6) is 1.43. The third-order valence-electron chi connectivity index (χ3n) is 5.06. The number of aryl methyl sites for hydroxylation is 3. The Morgan fingerprint density at radius 3 is 2.67 bits per heavy atom. The quantitative estimate of drug-likeness (QED) is 0.590. The summed E-state index contributed by atoms with van der Waals surface area (Å²) < 4.78 is 0. The number of aromatic nitrogens is 2. The number of hydrogen-bond acceptors (Lipinski definition) is 6. The van der Waals surface area contributed by atoms with Crippen molar-refractivity contribution in [2.45, 2.75) is 45.6 Å². The standard InChI is InChI=1S/C21H31N5O/c1-4-16-8-9-18(24-21-23-15(2)11-20(22-3)25-21)12-17(16)7-5-6-10-26-13-19(27)14-26/h8-9,11-12,19,27H,4-7,10,13-14H2,1-3H3,(H2,22,23,24,25). The number of anilines is 3. The highest BCUT2D eigenvalue weighted by Crippen LogP contribution is 2.22. The van der Waals surface area contributed by atoms with Crippen molar-refractivity contribution < 1.29 is 5.11 Å². The SMILES string of the molecule is CCc1ccc(Nc2nc(C)cc(NC)n2)cc1CCCCN1CC(O)C1. The molecule has 0 radical (unpaired) electrons. The minimum absolute atomic E-state index is 0.105. The van der Waals surface area contributed by atoms with Gasteiger partial charge in [0.25, 0.3) is 0 Å². The molecule has 0 bridgehead atoms. The van der Waals surface area contributed by atoms with Crippen molar-refractivity contribution in [3.63, 3.8) is 0 Å². The summed E-state index contributed by atoms with van der Waals surface area (Å²) in [5.41, 5.74) is 4.76. The molecule has 0 amide bonds. The molecule has 0 spiro atoms.